The number of nitro benzene ring substituents is 1. The van der Waals surface area contributed by atoms with Crippen LogP contribution >= 0.6 is 0 Å². The molecule has 0 aliphatic heterocycles. The molecule has 0 aromatic heterocycles. The lowest BCUT2D eigenvalue weighted by atomic mass is 10.1. The minimum atomic E-state index is -1.07. The van der Waals surface area contributed by atoms with Gasteiger partial charge in [-0.05, 0) is 38.5 Å². The van der Waals surface area contributed by atoms with Crippen LogP contribution < -0.4 is 20.3 Å². The predicted octanol–water partition coefficient (Wildman–Crippen LogP) is 2.21. The fourth-order valence-electron chi connectivity index (χ4n) is 2.33. The molecule has 148 valence electrons. The number of nitrogens with zero attached hydrogens (tertiary/aromatic N) is 1. The maximum absolute atomic E-state index is 12.0. The number of nitro groups is 1. The summed E-state index contributed by atoms with van der Waals surface area (Å²) in [5.74, 6) is -0.705. The van der Waals surface area contributed by atoms with E-state index >= 15 is 0 Å². The fourth-order valence-corrected chi connectivity index (χ4v) is 2.33. The molecule has 0 fully saturated rings. The third-order valence-corrected chi connectivity index (χ3v) is 3.75. The molecule has 0 saturated heterocycles. The lowest BCUT2D eigenvalue weighted by molar-refractivity contribution is -0.386. The van der Waals surface area contributed by atoms with Crippen LogP contribution in [-0.4, -0.2) is 29.4 Å². The highest BCUT2D eigenvalue weighted by Gasteiger charge is 2.21. The molecule has 0 radical (unpaired) electrons. The van der Waals surface area contributed by atoms with Gasteiger partial charge in [0.25, 0.3) is 11.8 Å². The molecule has 9 nitrogen and oxygen atoms in total. The van der Waals surface area contributed by atoms with Crippen molar-refractivity contribution in [3.05, 3.63) is 63.7 Å². The molecule has 0 aliphatic rings. The first-order valence-corrected chi connectivity index (χ1v) is 8.46. The van der Waals surface area contributed by atoms with Crippen LogP contribution in [0.15, 0.2) is 42.5 Å². The molecule has 2 rings (SSSR count). The summed E-state index contributed by atoms with van der Waals surface area (Å²) in [4.78, 5) is 34.2. The minimum absolute atomic E-state index is 0.0420. The predicted molar refractivity (Wildman–Crippen MR) is 101 cm³/mol. The maximum Gasteiger partial charge on any atom is 0.310 e. The Balaban J connectivity index is 1.82. The monoisotopic (exact) mass is 387 g/mol. The van der Waals surface area contributed by atoms with Crippen molar-refractivity contribution >= 4 is 17.5 Å². The van der Waals surface area contributed by atoms with Crippen LogP contribution in [0.2, 0.25) is 0 Å². The molecule has 9 heteroatoms. The van der Waals surface area contributed by atoms with Crippen LogP contribution in [0.3, 0.4) is 0 Å². The maximum atomic E-state index is 12.0. The van der Waals surface area contributed by atoms with Gasteiger partial charge in [-0.3, -0.25) is 30.6 Å². The second kappa shape index (κ2) is 9.36. The van der Waals surface area contributed by atoms with E-state index in [0.29, 0.717) is 5.75 Å². The molecule has 2 N–H and O–H groups in total. The molecule has 0 saturated carbocycles. The smallest absolute Gasteiger partial charge is 0.310 e. The number of para-hydroxylation sites is 2. The first kappa shape index (κ1) is 20.7. The number of carbonyl (C=O) groups excluding carboxylic acids is 2. The number of aryl methyl sites for hydroxylation is 2. The van der Waals surface area contributed by atoms with Crippen LogP contribution in [0.5, 0.6) is 11.5 Å². The van der Waals surface area contributed by atoms with Crippen LogP contribution in [-0.2, 0) is 9.59 Å². The Kier molecular flexibility index (Phi) is 6.91. The molecule has 1 atom stereocenters. The van der Waals surface area contributed by atoms with Gasteiger partial charge in [0.15, 0.2) is 18.5 Å². The molecule has 0 heterocycles. The summed E-state index contributed by atoms with van der Waals surface area (Å²) in [5.41, 5.74) is 6.12. The Morgan fingerprint density at radius 3 is 2.50 bits per heavy atom. The van der Waals surface area contributed by atoms with Crippen molar-refractivity contribution in [2.45, 2.75) is 26.9 Å². The van der Waals surface area contributed by atoms with Gasteiger partial charge in [0, 0.05) is 6.07 Å². The Morgan fingerprint density at radius 1 is 1.11 bits per heavy atom. The molecular weight excluding hydrogens is 366 g/mol. The van der Waals surface area contributed by atoms with E-state index in [9.17, 15) is 19.7 Å². The SMILES string of the molecule is Cc1ccc(OCC(=O)NNC(=O)[C@H](C)Oc2ccccc2[N+](=O)[O-])c(C)c1. The van der Waals surface area contributed by atoms with Gasteiger partial charge < -0.3 is 9.47 Å². The van der Waals surface area contributed by atoms with E-state index in [0.717, 1.165) is 11.1 Å². The van der Waals surface area contributed by atoms with Crippen LogP contribution in [0.1, 0.15) is 18.1 Å². The van der Waals surface area contributed by atoms with E-state index in [2.05, 4.69) is 10.9 Å². The first-order valence-electron chi connectivity index (χ1n) is 8.46. The molecule has 2 aromatic rings. The zero-order chi connectivity index (χ0) is 20.7. The van der Waals surface area contributed by atoms with Crippen molar-refractivity contribution in [1.29, 1.82) is 0 Å². The number of hydrogen-bond donors (Lipinski definition) is 2. The third kappa shape index (κ3) is 5.70. The second-order valence-corrected chi connectivity index (χ2v) is 6.08. The zero-order valence-corrected chi connectivity index (χ0v) is 15.7. The highest BCUT2D eigenvalue weighted by molar-refractivity contribution is 5.85. The van der Waals surface area contributed by atoms with Gasteiger partial charge >= 0.3 is 5.69 Å². The topological polar surface area (TPSA) is 120 Å². The average molecular weight is 387 g/mol. The largest absolute Gasteiger partial charge is 0.483 e. The number of amides is 2. The molecule has 28 heavy (non-hydrogen) atoms. The third-order valence-electron chi connectivity index (χ3n) is 3.75. The van der Waals surface area contributed by atoms with Gasteiger partial charge in [0.1, 0.15) is 5.75 Å². The highest BCUT2D eigenvalue weighted by atomic mass is 16.6. The number of hydrogen-bond acceptors (Lipinski definition) is 6. The lowest BCUT2D eigenvalue weighted by Crippen LogP contribution is -2.48. The number of nitrogens with one attached hydrogen (secondary N) is 2. The van der Waals surface area contributed by atoms with E-state index in [4.69, 9.17) is 9.47 Å². The van der Waals surface area contributed by atoms with Gasteiger partial charge in [-0.15, -0.1) is 0 Å². The Hall–Kier alpha value is -3.62. The van der Waals surface area contributed by atoms with E-state index < -0.39 is 22.8 Å². The lowest BCUT2D eigenvalue weighted by Gasteiger charge is -2.15. The van der Waals surface area contributed by atoms with Crippen LogP contribution in [0, 0.1) is 24.0 Å². The van der Waals surface area contributed by atoms with Gasteiger partial charge in [-0.2, -0.15) is 0 Å². The van der Waals surface area contributed by atoms with Crippen molar-refractivity contribution in [2.24, 2.45) is 0 Å². The van der Waals surface area contributed by atoms with Crippen LogP contribution in [0.4, 0.5) is 5.69 Å². The molecular formula is C19H21N3O6. The van der Waals surface area contributed by atoms with E-state index in [1.807, 2.05) is 26.0 Å². The molecule has 0 spiro atoms. The summed E-state index contributed by atoms with van der Waals surface area (Å²) in [7, 11) is 0. The zero-order valence-electron chi connectivity index (χ0n) is 15.7. The number of rotatable bonds is 7. The van der Waals surface area contributed by atoms with E-state index in [1.165, 1.54) is 25.1 Å². The summed E-state index contributed by atoms with van der Waals surface area (Å²) in [5, 5.41) is 11.0. The van der Waals surface area contributed by atoms with Crippen LogP contribution in [0.25, 0.3) is 0 Å². The van der Waals surface area contributed by atoms with Crippen molar-refractivity contribution in [1.82, 2.24) is 10.9 Å². The second-order valence-electron chi connectivity index (χ2n) is 6.08. The van der Waals surface area contributed by atoms with E-state index in [1.54, 1.807) is 12.1 Å². The Morgan fingerprint density at radius 2 is 1.82 bits per heavy atom. The molecule has 0 bridgehead atoms. The summed E-state index contributed by atoms with van der Waals surface area (Å²) >= 11 is 0. The van der Waals surface area contributed by atoms with Crippen molar-refractivity contribution in [2.75, 3.05) is 6.61 Å². The molecule has 0 aliphatic carbocycles. The summed E-state index contributed by atoms with van der Waals surface area (Å²) in [6.07, 6.45) is -1.07. The number of ether oxygens (including phenoxy) is 2. The van der Waals surface area contributed by atoms with Gasteiger partial charge in [-0.1, -0.05) is 29.8 Å². The Labute approximate surface area is 161 Å². The normalized spacial score (nSPS) is 11.2. The van der Waals surface area contributed by atoms with Gasteiger partial charge in [0.05, 0.1) is 4.92 Å². The van der Waals surface area contributed by atoms with E-state index in [-0.39, 0.29) is 18.0 Å². The molecule has 0 unspecified atom stereocenters. The quantitative estimate of drug-likeness (QED) is 0.555. The standard InChI is InChI=1S/C19H21N3O6/c1-12-8-9-16(13(2)10-12)27-11-18(23)20-21-19(24)14(3)28-17-7-5-4-6-15(17)22(25)26/h4-10,14H,11H2,1-3H3,(H,20,23)(H,21,24)/t14-/m0/s1. The number of benzene rings is 2. The fraction of sp³-hybridized carbons (Fsp3) is 0.263. The summed E-state index contributed by atoms with van der Waals surface area (Å²) < 4.78 is 10.7. The first-order chi connectivity index (χ1) is 13.3. The van der Waals surface area contributed by atoms with Crippen molar-refractivity contribution in [3.63, 3.8) is 0 Å². The highest BCUT2D eigenvalue weighted by Crippen LogP contribution is 2.26. The molecule has 2 aromatic carbocycles. The number of hydrazine groups is 1. The van der Waals surface area contributed by atoms with Gasteiger partial charge in [-0.25, -0.2) is 0 Å². The van der Waals surface area contributed by atoms with Crippen molar-refractivity contribution < 1.29 is 24.0 Å². The Bertz CT molecular complexity index is 884. The van der Waals surface area contributed by atoms with Gasteiger partial charge in [0.2, 0.25) is 0 Å². The van der Waals surface area contributed by atoms with Crippen molar-refractivity contribution in [3.8, 4) is 11.5 Å². The summed E-state index contributed by atoms with van der Waals surface area (Å²) in [6, 6.07) is 11.3. The average Bonchev–Trinajstić information content (AvgIpc) is 2.65. The number of carbonyl (C=O) groups is 2. The minimum Gasteiger partial charge on any atom is -0.483 e. The molecule has 2 amide bonds. The summed E-state index contributed by atoms with van der Waals surface area (Å²) in [6.45, 7) is 4.93.